The van der Waals surface area contributed by atoms with Crippen LogP contribution in [-0.2, 0) is 0 Å². The Hall–Kier alpha value is -7.21. The van der Waals surface area contributed by atoms with E-state index < -0.39 is 0 Å². The van der Waals surface area contributed by atoms with Crippen LogP contribution in [0.1, 0.15) is 0 Å². The van der Waals surface area contributed by atoms with E-state index in [2.05, 4.69) is 138 Å². The first-order chi connectivity index (χ1) is 27.7. The van der Waals surface area contributed by atoms with Crippen molar-refractivity contribution in [2.45, 2.75) is 0 Å². The summed E-state index contributed by atoms with van der Waals surface area (Å²) < 4.78 is 9.30. The van der Waals surface area contributed by atoms with Crippen molar-refractivity contribution in [3.63, 3.8) is 0 Å². The zero-order chi connectivity index (χ0) is 37.0. The third kappa shape index (κ3) is 5.48. The van der Waals surface area contributed by atoms with Crippen LogP contribution in [0.4, 0.5) is 0 Å². The molecule has 0 fully saturated rings. The first-order valence-electron chi connectivity index (χ1n) is 18.7. The number of thiophene rings is 1. The van der Waals surface area contributed by atoms with Crippen LogP contribution in [0.5, 0.6) is 0 Å². The number of hydrogen-bond donors (Lipinski definition) is 0. The van der Waals surface area contributed by atoms with E-state index in [1.165, 1.54) is 20.2 Å². The second-order valence-corrected chi connectivity index (χ2v) is 15.0. The molecular formula is C51H31N3OS. The van der Waals surface area contributed by atoms with E-state index in [-0.39, 0.29) is 0 Å². The number of furan rings is 1. The molecule has 0 saturated heterocycles. The molecule has 262 valence electrons. The van der Waals surface area contributed by atoms with Gasteiger partial charge in [-0.3, -0.25) is 4.98 Å². The average Bonchev–Trinajstić information content (AvgIpc) is 3.85. The fraction of sp³-hybridized carbons (Fsp3) is 0. The smallest absolute Gasteiger partial charge is 0.160 e. The van der Waals surface area contributed by atoms with Gasteiger partial charge in [-0.05, 0) is 65.2 Å². The molecule has 7 aromatic carbocycles. The van der Waals surface area contributed by atoms with Crippen LogP contribution in [-0.4, -0.2) is 15.0 Å². The maximum atomic E-state index is 6.71. The minimum atomic E-state index is 0.675. The standard InChI is InChI=1S/C51H31N3OS/c1-2-12-34(13-3-1)51-53-44(31-45(54-51)39-15-5-4-14-38(39)43-18-10-11-29-52-43)33-23-21-32(22-24-33)36-26-27-37(50-49(36)41-17-6-8-19-46(41)55-50)35-25-28-48-42(30-35)40-16-7-9-20-47(40)56-48/h1-31H. The van der Waals surface area contributed by atoms with Crippen molar-refractivity contribution >= 4 is 53.4 Å². The summed E-state index contributed by atoms with van der Waals surface area (Å²) in [5.41, 5.74) is 12.8. The van der Waals surface area contributed by atoms with Crippen LogP contribution in [0.3, 0.4) is 0 Å². The molecule has 0 aliphatic heterocycles. The van der Waals surface area contributed by atoms with Crippen molar-refractivity contribution in [2.24, 2.45) is 0 Å². The predicted molar refractivity (Wildman–Crippen MR) is 233 cm³/mol. The van der Waals surface area contributed by atoms with Crippen molar-refractivity contribution in [3.05, 3.63) is 188 Å². The lowest BCUT2D eigenvalue weighted by Crippen LogP contribution is -1.97. The summed E-state index contributed by atoms with van der Waals surface area (Å²) >= 11 is 1.84. The Morgan fingerprint density at radius 3 is 1.89 bits per heavy atom. The highest BCUT2D eigenvalue weighted by molar-refractivity contribution is 7.25. The maximum Gasteiger partial charge on any atom is 0.160 e. The van der Waals surface area contributed by atoms with Gasteiger partial charge in [-0.15, -0.1) is 11.3 Å². The van der Waals surface area contributed by atoms with Gasteiger partial charge in [0.15, 0.2) is 5.82 Å². The summed E-state index contributed by atoms with van der Waals surface area (Å²) in [6, 6.07) is 63.5. The maximum absolute atomic E-state index is 6.71. The summed E-state index contributed by atoms with van der Waals surface area (Å²) in [6.07, 6.45) is 1.83. The molecule has 5 heteroatoms. The number of fused-ring (bicyclic) bond motifs is 6. The van der Waals surface area contributed by atoms with Gasteiger partial charge in [0, 0.05) is 65.0 Å². The molecule has 4 nitrogen and oxygen atoms in total. The monoisotopic (exact) mass is 733 g/mol. The Balaban J connectivity index is 1.04. The molecule has 0 atom stereocenters. The van der Waals surface area contributed by atoms with Gasteiger partial charge < -0.3 is 4.42 Å². The molecule has 0 spiro atoms. The largest absolute Gasteiger partial charge is 0.455 e. The van der Waals surface area contributed by atoms with E-state index in [1.807, 2.05) is 66.1 Å². The van der Waals surface area contributed by atoms with Crippen LogP contribution in [0.25, 0.3) is 110 Å². The molecule has 0 aliphatic carbocycles. The molecule has 0 bridgehead atoms. The normalized spacial score (nSPS) is 11.6. The molecule has 0 radical (unpaired) electrons. The van der Waals surface area contributed by atoms with E-state index in [4.69, 9.17) is 14.4 Å². The Kier molecular flexibility index (Phi) is 7.64. The first kappa shape index (κ1) is 32.2. The molecule has 56 heavy (non-hydrogen) atoms. The number of aromatic nitrogens is 3. The van der Waals surface area contributed by atoms with Gasteiger partial charge in [0.2, 0.25) is 0 Å². The number of para-hydroxylation sites is 1. The Morgan fingerprint density at radius 2 is 1.05 bits per heavy atom. The minimum absolute atomic E-state index is 0.675. The van der Waals surface area contributed by atoms with Crippen molar-refractivity contribution < 1.29 is 4.42 Å². The van der Waals surface area contributed by atoms with Crippen LogP contribution in [0, 0.1) is 0 Å². The molecule has 11 aromatic rings. The zero-order valence-corrected chi connectivity index (χ0v) is 30.9. The Bertz CT molecular complexity index is 3240. The van der Waals surface area contributed by atoms with Gasteiger partial charge in [-0.1, -0.05) is 133 Å². The van der Waals surface area contributed by atoms with Gasteiger partial charge in [-0.25, -0.2) is 9.97 Å². The summed E-state index contributed by atoms with van der Waals surface area (Å²) in [4.78, 5) is 14.9. The topological polar surface area (TPSA) is 51.8 Å². The number of hydrogen-bond acceptors (Lipinski definition) is 5. The molecule has 0 aliphatic rings. The quantitative estimate of drug-likeness (QED) is 0.171. The van der Waals surface area contributed by atoms with Crippen LogP contribution in [0.2, 0.25) is 0 Å². The van der Waals surface area contributed by atoms with Gasteiger partial charge in [0.1, 0.15) is 11.2 Å². The van der Waals surface area contributed by atoms with Crippen LogP contribution < -0.4 is 0 Å². The fourth-order valence-electron chi connectivity index (χ4n) is 7.91. The van der Waals surface area contributed by atoms with Crippen LogP contribution in [0.15, 0.2) is 193 Å². The van der Waals surface area contributed by atoms with E-state index in [0.29, 0.717) is 5.82 Å². The van der Waals surface area contributed by atoms with Gasteiger partial charge >= 0.3 is 0 Å². The van der Waals surface area contributed by atoms with Crippen molar-refractivity contribution in [1.82, 2.24) is 15.0 Å². The highest BCUT2D eigenvalue weighted by atomic mass is 32.1. The number of pyridine rings is 1. The lowest BCUT2D eigenvalue weighted by atomic mass is 9.93. The average molecular weight is 734 g/mol. The number of rotatable bonds is 6. The van der Waals surface area contributed by atoms with Crippen molar-refractivity contribution in [1.29, 1.82) is 0 Å². The lowest BCUT2D eigenvalue weighted by molar-refractivity contribution is 0.670. The minimum Gasteiger partial charge on any atom is -0.455 e. The summed E-state index contributed by atoms with van der Waals surface area (Å²) in [7, 11) is 0. The fourth-order valence-corrected chi connectivity index (χ4v) is 9.00. The first-order valence-corrected chi connectivity index (χ1v) is 19.5. The third-order valence-corrected chi connectivity index (χ3v) is 11.8. The van der Waals surface area contributed by atoms with Crippen molar-refractivity contribution in [2.75, 3.05) is 0 Å². The Morgan fingerprint density at radius 1 is 0.393 bits per heavy atom. The summed E-state index contributed by atoms with van der Waals surface area (Å²) in [5, 5.41) is 4.78. The van der Waals surface area contributed by atoms with Gasteiger partial charge in [0.25, 0.3) is 0 Å². The number of benzene rings is 7. The molecule has 0 unspecified atom stereocenters. The summed E-state index contributed by atoms with van der Waals surface area (Å²) in [5.74, 6) is 0.675. The second-order valence-electron chi connectivity index (χ2n) is 13.9. The lowest BCUT2D eigenvalue weighted by Gasteiger charge is -2.13. The molecular weight excluding hydrogens is 703 g/mol. The molecule has 4 aromatic heterocycles. The SMILES string of the molecule is c1ccc(-c2nc(-c3ccc(-c4ccc(-c5ccc6sc7ccccc7c6c5)c5oc6ccccc6c45)cc3)cc(-c3ccccc3-c3ccccn3)n2)cc1. The highest BCUT2D eigenvalue weighted by Crippen LogP contribution is 2.44. The van der Waals surface area contributed by atoms with E-state index in [1.54, 1.807) is 0 Å². The molecule has 0 saturated carbocycles. The molecule has 11 rings (SSSR count). The molecule has 0 amide bonds. The third-order valence-electron chi connectivity index (χ3n) is 10.6. The zero-order valence-electron chi connectivity index (χ0n) is 30.1. The molecule has 4 heterocycles. The van der Waals surface area contributed by atoms with E-state index in [9.17, 15) is 0 Å². The van der Waals surface area contributed by atoms with E-state index >= 15 is 0 Å². The second kappa shape index (κ2) is 13.3. The Labute approximate surface area is 327 Å². The van der Waals surface area contributed by atoms with Gasteiger partial charge in [0.05, 0.1) is 17.1 Å². The van der Waals surface area contributed by atoms with Crippen LogP contribution >= 0.6 is 11.3 Å². The highest BCUT2D eigenvalue weighted by Gasteiger charge is 2.19. The predicted octanol–water partition coefficient (Wildman–Crippen LogP) is 14.1. The number of nitrogens with zero attached hydrogens (tertiary/aromatic N) is 3. The van der Waals surface area contributed by atoms with Gasteiger partial charge in [-0.2, -0.15) is 0 Å². The summed E-state index contributed by atoms with van der Waals surface area (Å²) in [6.45, 7) is 0. The van der Waals surface area contributed by atoms with E-state index in [0.717, 1.165) is 83.5 Å². The van der Waals surface area contributed by atoms with Crippen molar-refractivity contribution in [3.8, 4) is 67.4 Å². The molecule has 0 N–H and O–H groups in total.